The molecule has 1 amide bonds. The lowest BCUT2D eigenvalue weighted by Crippen LogP contribution is -2.45. The molecule has 12 heteroatoms. The Kier molecular flexibility index (Phi) is 7.84. The fourth-order valence-corrected chi connectivity index (χ4v) is 7.03. The fraction of sp³-hybridized carbons (Fsp3) is 0.333. The number of sulfone groups is 1. The summed E-state index contributed by atoms with van der Waals surface area (Å²) in [6, 6.07) is 14.4. The Morgan fingerprint density at radius 2 is 1.86 bits per heavy atom. The predicted octanol–water partition coefficient (Wildman–Crippen LogP) is 4.19. The summed E-state index contributed by atoms with van der Waals surface area (Å²) in [5, 5.41) is 3.84. The normalized spacial score (nSPS) is 20.1. The highest BCUT2D eigenvalue weighted by atomic mass is 35.5. The molecule has 0 bridgehead atoms. The zero-order valence-corrected chi connectivity index (χ0v) is 24.8. The molecule has 0 radical (unpaired) electrons. The zero-order chi connectivity index (χ0) is 29.4. The van der Waals surface area contributed by atoms with Gasteiger partial charge in [-0.25, -0.2) is 18.4 Å². The lowest BCUT2D eigenvalue weighted by atomic mass is 10.1. The average molecular weight is 608 g/mol. The quantitative estimate of drug-likeness (QED) is 0.356. The van der Waals surface area contributed by atoms with Crippen LogP contribution in [0.3, 0.4) is 0 Å². The van der Waals surface area contributed by atoms with E-state index < -0.39 is 15.7 Å². The van der Waals surface area contributed by atoms with Crippen molar-refractivity contribution < 1.29 is 22.7 Å². The average Bonchev–Trinajstić information content (AvgIpc) is 3.13. The van der Waals surface area contributed by atoms with E-state index in [1.54, 1.807) is 6.20 Å². The van der Waals surface area contributed by atoms with Crippen LogP contribution in [0.15, 0.2) is 59.6 Å². The number of carbonyl (C=O) groups is 1. The first-order valence-corrected chi connectivity index (χ1v) is 15.7. The highest BCUT2D eigenvalue weighted by molar-refractivity contribution is 7.91. The summed E-state index contributed by atoms with van der Waals surface area (Å²) in [5.41, 5.74) is 3.32. The first kappa shape index (κ1) is 28.5. The van der Waals surface area contributed by atoms with Crippen LogP contribution in [-0.2, 0) is 32.5 Å². The lowest BCUT2D eigenvalue weighted by Gasteiger charge is -2.36. The Morgan fingerprint density at radius 1 is 1.07 bits per heavy atom. The van der Waals surface area contributed by atoms with Crippen LogP contribution in [0.1, 0.15) is 35.5 Å². The number of pyridine rings is 3. The third-order valence-corrected chi connectivity index (χ3v) is 9.37. The van der Waals surface area contributed by atoms with Crippen LogP contribution in [-0.4, -0.2) is 66.9 Å². The summed E-state index contributed by atoms with van der Waals surface area (Å²) in [6.45, 7) is 5.95. The van der Waals surface area contributed by atoms with E-state index in [0.717, 1.165) is 35.7 Å². The van der Waals surface area contributed by atoms with Crippen molar-refractivity contribution in [3.05, 3.63) is 76.6 Å². The largest absolute Gasteiger partial charge is 0.376 e. The molecule has 0 aliphatic carbocycles. The second kappa shape index (κ2) is 11.6. The van der Waals surface area contributed by atoms with Gasteiger partial charge in [0.25, 0.3) is 5.91 Å². The molecule has 0 spiro atoms. The van der Waals surface area contributed by atoms with Gasteiger partial charge < -0.3 is 19.7 Å². The predicted molar refractivity (Wildman–Crippen MR) is 159 cm³/mol. The van der Waals surface area contributed by atoms with Crippen molar-refractivity contribution >= 4 is 44.1 Å². The highest BCUT2D eigenvalue weighted by Crippen LogP contribution is 2.30. The van der Waals surface area contributed by atoms with Gasteiger partial charge in [-0.15, -0.1) is 0 Å². The maximum absolute atomic E-state index is 13.0. The molecule has 2 atom stereocenters. The molecular formula is C30H30ClN5O5S. The van der Waals surface area contributed by atoms with Crippen molar-refractivity contribution in [2.24, 2.45) is 0 Å². The van der Waals surface area contributed by atoms with Gasteiger partial charge in [-0.3, -0.25) is 9.78 Å². The van der Waals surface area contributed by atoms with E-state index in [0.29, 0.717) is 16.8 Å². The Labute approximate surface area is 249 Å². The minimum Gasteiger partial charge on any atom is -0.376 e. The van der Waals surface area contributed by atoms with Crippen molar-refractivity contribution in [3.8, 4) is 11.4 Å². The van der Waals surface area contributed by atoms with Crippen molar-refractivity contribution in [2.45, 2.75) is 44.1 Å². The Balaban J connectivity index is 1.21. The number of anilines is 1. The molecule has 1 saturated heterocycles. The maximum Gasteiger partial charge on any atom is 0.251 e. The number of hydrogen-bond donors (Lipinski definition) is 1. The van der Waals surface area contributed by atoms with Crippen LogP contribution in [0.25, 0.3) is 22.3 Å². The molecule has 42 heavy (non-hydrogen) atoms. The number of halogens is 1. The number of nitrogens with zero attached hydrogens (tertiary/aromatic N) is 4. The van der Waals surface area contributed by atoms with Crippen molar-refractivity contribution in [1.82, 2.24) is 20.3 Å². The van der Waals surface area contributed by atoms with Gasteiger partial charge >= 0.3 is 0 Å². The molecule has 1 fully saturated rings. The van der Waals surface area contributed by atoms with Crippen LogP contribution in [0, 0.1) is 0 Å². The molecule has 4 aromatic rings. The van der Waals surface area contributed by atoms with Gasteiger partial charge in [0.15, 0.2) is 9.84 Å². The van der Waals surface area contributed by atoms with E-state index in [1.807, 2.05) is 36.4 Å². The van der Waals surface area contributed by atoms with Crippen molar-refractivity contribution in [1.29, 1.82) is 0 Å². The van der Waals surface area contributed by atoms with Crippen molar-refractivity contribution in [3.63, 3.8) is 0 Å². The number of fused-ring (bicyclic) bond motifs is 2. The Bertz CT molecular complexity index is 1770. The van der Waals surface area contributed by atoms with Crippen LogP contribution < -0.4 is 10.2 Å². The molecule has 218 valence electrons. The second-order valence-corrected chi connectivity index (χ2v) is 13.1. The summed E-state index contributed by atoms with van der Waals surface area (Å²) in [7, 11) is -3.61. The molecular weight excluding hydrogens is 578 g/mol. The van der Waals surface area contributed by atoms with Gasteiger partial charge in [-0.05, 0) is 56.3 Å². The third-order valence-electron chi connectivity index (χ3n) is 7.30. The molecule has 3 aromatic heterocycles. The van der Waals surface area contributed by atoms with Gasteiger partial charge in [-0.2, -0.15) is 0 Å². The van der Waals surface area contributed by atoms with Gasteiger partial charge in [-0.1, -0.05) is 17.7 Å². The van der Waals surface area contributed by atoms with E-state index in [1.165, 1.54) is 12.1 Å². The zero-order valence-electron chi connectivity index (χ0n) is 23.2. The molecule has 1 N–H and O–H groups in total. The number of hydrogen-bond acceptors (Lipinski definition) is 9. The molecule has 0 unspecified atom stereocenters. The number of benzene rings is 1. The van der Waals surface area contributed by atoms with E-state index in [-0.39, 0.29) is 53.2 Å². The number of morpholine rings is 1. The highest BCUT2D eigenvalue weighted by Gasteiger charge is 2.26. The standard InChI is InChI=1S/C30H30ClN5O5S/c1-18-15-36(16-19(2)41-18)29-5-3-4-25(35-29)26-7-6-20-13-32-22(12-27(20)34-26)14-33-30(37)21-10-24(31)23-17-40-8-9-42(38,39)28(23)11-21/h3-7,10-13,18-19H,8-9,14-17H2,1-2H3,(H,33,37)/t18-,19+. The number of rotatable bonds is 5. The summed E-state index contributed by atoms with van der Waals surface area (Å²) in [6.07, 6.45) is 1.96. The SMILES string of the molecule is C[C@@H]1CN(c2cccc(-c3ccc4cnc(CNC(=O)c5cc(Cl)c6c(c5)S(=O)(=O)CCOC6)cc4n3)n2)C[C@H](C)O1. The third kappa shape index (κ3) is 5.96. The topological polar surface area (TPSA) is 124 Å². The van der Waals surface area contributed by atoms with Gasteiger partial charge in [0, 0.05) is 40.8 Å². The monoisotopic (exact) mass is 607 g/mol. The van der Waals surface area contributed by atoms with Gasteiger partial charge in [0.05, 0.1) is 65.2 Å². The molecule has 0 saturated carbocycles. The summed E-state index contributed by atoms with van der Waals surface area (Å²) >= 11 is 6.35. The van der Waals surface area contributed by atoms with Crippen LogP contribution in [0.5, 0.6) is 0 Å². The molecule has 6 rings (SSSR count). The number of ether oxygens (including phenoxy) is 2. The Morgan fingerprint density at radius 3 is 2.67 bits per heavy atom. The number of aromatic nitrogens is 3. The van der Waals surface area contributed by atoms with Crippen LogP contribution in [0.4, 0.5) is 5.82 Å². The van der Waals surface area contributed by atoms with Gasteiger partial charge in [0.1, 0.15) is 5.82 Å². The first-order valence-electron chi connectivity index (χ1n) is 13.7. The van der Waals surface area contributed by atoms with Gasteiger partial charge in [0.2, 0.25) is 0 Å². The fourth-order valence-electron chi connectivity index (χ4n) is 5.29. The number of amides is 1. The number of nitrogens with one attached hydrogen (secondary N) is 1. The smallest absolute Gasteiger partial charge is 0.251 e. The molecule has 2 aliphatic rings. The minimum absolute atomic E-state index is 0.0357. The summed E-state index contributed by atoms with van der Waals surface area (Å²) in [4.78, 5) is 29.4. The second-order valence-electron chi connectivity index (χ2n) is 10.6. The summed E-state index contributed by atoms with van der Waals surface area (Å²) < 4.78 is 36.6. The summed E-state index contributed by atoms with van der Waals surface area (Å²) in [5.74, 6) is 0.257. The van der Waals surface area contributed by atoms with E-state index in [9.17, 15) is 13.2 Å². The van der Waals surface area contributed by atoms with E-state index in [2.05, 4.69) is 29.0 Å². The lowest BCUT2D eigenvalue weighted by molar-refractivity contribution is -0.00545. The molecule has 10 nitrogen and oxygen atoms in total. The van der Waals surface area contributed by atoms with E-state index in [4.69, 9.17) is 31.0 Å². The molecule has 5 heterocycles. The van der Waals surface area contributed by atoms with E-state index >= 15 is 0 Å². The Hall–Kier alpha value is -3.64. The maximum atomic E-state index is 13.0. The minimum atomic E-state index is -3.61. The van der Waals surface area contributed by atoms with Crippen molar-refractivity contribution in [2.75, 3.05) is 30.3 Å². The molecule has 2 aliphatic heterocycles. The van der Waals surface area contributed by atoms with Crippen LogP contribution >= 0.6 is 11.6 Å². The first-order chi connectivity index (χ1) is 20.2. The van der Waals surface area contributed by atoms with Crippen LogP contribution in [0.2, 0.25) is 5.02 Å². The molecule has 1 aromatic carbocycles. The number of carbonyl (C=O) groups excluding carboxylic acids is 1.